The van der Waals surface area contributed by atoms with Crippen LogP contribution in [0, 0.1) is 18.3 Å². The zero-order valence-electron chi connectivity index (χ0n) is 14.5. The fraction of sp³-hybridized carbons (Fsp3) is 0.300. The van der Waals surface area contributed by atoms with Gasteiger partial charge in [-0.05, 0) is 56.1 Å². The minimum atomic E-state index is 0.0500. The summed E-state index contributed by atoms with van der Waals surface area (Å²) in [4.78, 5) is 13.9. The Hall–Kier alpha value is -3.04. The van der Waals surface area contributed by atoms with E-state index in [1.165, 1.54) is 6.07 Å². The van der Waals surface area contributed by atoms with E-state index >= 15 is 0 Å². The molecule has 0 saturated carbocycles. The molecule has 4 rings (SSSR count). The number of rotatable bonds is 2. The van der Waals surface area contributed by atoms with Crippen molar-refractivity contribution in [2.24, 2.45) is 0 Å². The largest absolute Gasteiger partial charge is 0.507 e. The predicted molar refractivity (Wildman–Crippen MR) is 98.7 cm³/mol. The lowest BCUT2D eigenvalue weighted by atomic mass is 9.96. The Morgan fingerprint density at radius 2 is 2.15 bits per heavy atom. The molecule has 3 aromatic rings. The first-order valence-corrected chi connectivity index (χ1v) is 8.74. The third-order valence-electron chi connectivity index (χ3n) is 4.84. The number of nitriles is 1. The Kier molecular flexibility index (Phi) is 4.23. The first kappa shape index (κ1) is 16.4. The van der Waals surface area contributed by atoms with Crippen LogP contribution in [-0.2, 0) is 0 Å². The topological polar surface area (TPSA) is 94.7 Å². The van der Waals surface area contributed by atoms with Crippen LogP contribution in [0.15, 0.2) is 30.5 Å². The van der Waals surface area contributed by atoms with Crippen LogP contribution in [0.4, 0.5) is 0 Å². The van der Waals surface area contributed by atoms with Gasteiger partial charge in [0.15, 0.2) is 5.65 Å². The first-order valence-electron chi connectivity index (χ1n) is 8.74. The molecular weight excluding hydrogens is 326 g/mol. The molecular formula is C20H19N5O. The second-order valence-electron chi connectivity index (χ2n) is 6.68. The summed E-state index contributed by atoms with van der Waals surface area (Å²) >= 11 is 0. The van der Waals surface area contributed by atoms with Crippen LogP contribution in [0.25, 0.3) is 22.4 Å². The molecule has 1 saturated heterocycles. The summed E-state index contributed by atoms with van der Waals surface area (Å²) < 4.78 is 0. The summed E-state index contributed by atoms with van der Waals surface area (Å²) in [5.74, 6) is 0.408. The Morgan fingerprint density at radius 3 is 2.88 bits per heavy atom. The average Bonchev–Trinajstić information content (AvgIpc) is 2.67. The van der Waals surface area contributed by atoms with Crippen molar-refractivity contribution < 1.29 is 5.11 Å². The Morgan fingerprint density at radius 1 is 1.27 bits per heavy atom. The lowest BCUT2D eigenvalue weighted by molar-refractivity contribution is 0.454. The third-order valence-corrected chi connectivity index (χ3v) is 4.84. The van der Waals surface area contributed by atoms with Gasteiger partial charge in [0.1, 0.15) is 11.3 Å². The number of aryl methyl sites for hydroxylation is 1. The number of fused-ring (bicyclic) bond motifs is 1. The number of nitrogens with zero attached hydrogens (tertiary/aromatic N) is 4. The molecule has 3 heterocycles. The molecule has 1 aliphatic heterocycles. The highest BCUT2D eigenvalue weighted by molar-refractivity contribution is 5.78. The van der Waals surface area contributed by atoms with E-state index in [4.69, 9.17) is 10.2 Å². The van der Waals surface area contributed by atoms with Gasteiger partial charge in [-0.1, -0.05) is 0 Å². The fourth-order valence-electron chi connectivity index (χ4n) is 3.52. The van der Waals surface area contributed by atoms with Gasteiger partial charge in [-0.25, -0.2) is 9.97 Å². The molecule has 6 nitrogen and oxygen atoms in total. The van der Waals surface area contributed by atoms with Crippen molar-refractivity contribution in [1.29, 1.82) is 5.26 Å². The summed E-state index contributed by atoms with van der Waals surface area (Å²) in [6.07, 6.45) is 4.07. The smallest absolute Gasteiger partial charge is 0.179 e. The number of hydrogen-bond donors (Lipinski definition) is 2. The number of piperidine rings is 1. The number of nitrogens with one attached hydrogen (secondary N) is 1. The maximum Gasteiger partial charge on any atom is 0.179 e. The van der Waals surface area contributed by atoms with Crippen molar-refractivity contribution in [3.8, 4) is 23.1 Å². The quantitative estimate of drug-likeness (QED) is 0.741. The zero-order valence-corrected chi connectivity index (χ0v) is 14.5. The number of phenolic OH excluding ortho intramolecular Hbond substituents is 1. The van der Waals surface area contributed by atoms with Crippen LogP contribution in [0.2, 0.25) is 0 Å². The van der Waals surface area contributed by atoms with Gasteiger partial charge in [0.2, 0.25) is 0 Å². The molecule has 130 valence electrons. The summed E-state index contributed by atoms with van der Waals surface area (Å²) in [7, 11) is 0. The van der Waals surface area contributed by atoms with E-state index in [0.29, 0.717) is 28.4 Å². The molecule has 26 heavy (non-hydrogen) atoms. The number of benzene rings is 1. The molecule has 1 unspecified atom stereocenters. The molecule has 1 aromatic carbocycles. The molecule has 0 radical (unpaired) electrons. The Labute approximate surface area is 151 Å². The van der Waals surface area contributed by atoms with E-state index in [-0.39, 0.29) is 5.75 Å². The molecule has 0 bridgehead atoms. The van der Waals surface area contributed by atoms with Crippen LogP contribution in [0.1, 0.15) is 35.6 Å². The van der Waals surface area contributed by atoms with Crippen LogP contribution < -0.4 is 5.32 Å². The highest BCUT2D eigenvalue weighted by Gasteiger charge is 2.18. The lowest BCUT2D eigenvalue weighted by Crippen LogP contribution is -2.28. The van der Waals surface area contributed by atoms with Gasteiger partial charge in [-0.3, -0.25) is 4.98 Å². The van der Waals surface area contributed by atoms with Crippen LogP contribution in [-0.4, -0.2) is 33.1 Å². The Balaban J connectivity index is 1.79. The third kappa shape index (κ3) is 2.98. The van der Waals surface area contributed by atoms with Gasteiger partial charge in [0, 0.05) is 24.2 Å². The van der Waals surface area contributed by atoms with Crippen LogP contribution >= 0.6 is 0 Å². The van der Waals surface area contributed by atoms with Crippen molar-refractivity contribution in [2.75, 3.05) is 13.1 Å². The highest BCUT2D eigenvalue weighted by Crippen LogP contribution is 2.33. The van der Waals surface area contributed by atoms with Crippen molar-refractivity contribution in [3.05, 3.63) is 47.3 Å². The van der Waals surface area contributed by atoms with Crippen molar-refractivity contribution in [2.45, 2.75) is 25.7 Å². The maximum absolute atomic E-state index is 10.4. The van der Waals surface area contributed by atoms with E-state index in [1.54, 1.807) is 6.07 Å². The standard InChI is InChI=1S/C20H19N5O/c1-12-7-13(9-21)8-18(26)19(12)15-4-5-16-20(24-15)25-17(11-23-16)14-3-2-6-22-10-14/h4-5,7-8,11,14,22,26H,2-3,6,10H2,1H3. The van der Waals surface area contributed by atoms with E-state index < -0.39 is 0 Å². The normalized spacial score (nSPS) is 17.2. The number of aromatic hydroxyl groups is 1. The summed E-state index contributed by atoms with van der Waals surface area (Å²) in [6.45, 7) is 3.82. The van der Waals surface area contributed by atoms with Crippen LogP contribution in [0.5, 0.6) is 5.75 Å². The van der Waals surface area contributed by atoms with E-state index in [9.17, 15) is 5.11 Å². The number of aromatic nitrogens is 3. The van der Waals surface area contributed by atoms with E-state index in [0.717, 1.165) is 42.7 Å². The minimum Gasteiger partial charge on any atom is -0.507 e. The van der Waals surface area contributed by atoms with Gasteiger partial charge in [-0.15, -0.1) is 0 Å². The number of phenols is 1. The zero-order chi connectivity index (χ0) is 18.1. The molecule has 1 aliphatic rings. The molecule has 1 fully saturated rings. The summed E-state index contributed by atoms with van der Waals surface area (Å²) in [5, 5.41) is 22.8. The van der Waals surface area contributed by atoms with Crippen molar-refractivity contribution >= 4 is 11.2 Å². The molecule has 0 spiro atoms. The van der Waals surface area contributed by atoms with E-state index in [1.807, 2.05) is 25.3 Å². The monoisotopic (exact) mass is 345 g/mol. The SMILES string of the molecule is Cc1cc(C#N)cc(O)c1-c1ccc2ncc(C3CCCNC3)nc2n1. The van der Waals surface area contributed by atoms with Gasteiger partial charge >= 0.3 is 0 Å². The van der Waals surface area contributed by atoms with Gasteiger partial charge < -0.3 is 10.4 Å². The lowest BCUT2D eigenvalue weighted by Gasteiger charge is -2.21. The number of hydrogen-bond acceptors (Lipinski definition) is 6. The van der Waals surface area contributed by atoms with Crippen LogP contribution in [0.3, 0.4) is 0 Å². The molecule has 0 amide bonds. The molecule has 0 aliphatic carbocycles. The maximum atomic E-state index is 10.4. The second kappa shape index (κ2) is 6.70. The first-order chi connectivity index (χ1) is 12.7. The molecule has 2 aromatic heterocycles. The average molecular weight is 345 g/mol. The van der Waals surface area contributed by atoms with Gasteiger partial charge in [0.25, 0.3) is 0 Å². The summed E-state index contributed by atoms with van der Waals surface area (Å²) in [6, 6.07) is 8.95. The fourth-order valence-corrected chi connectivity index (χ4v) is 3.52. The molecule has 2 N–H and O–H groups in total. The minimum absolute atomic E-state index is 0.0500. The van der Waals surface area contributed by atoms with Crippen molar-refractivity contribution in [1.82, 2.24) is 20.3 Å². The molecule has 1 atom stereocenters. The number of pyridine rings is 1. The van der Waals surface area contributed by atoms with E-state index in [2.05, 4.69) is 21.4 Å². The van der Waals surface area contributed by atoms with Gasteiger partial charge in [-0.2, -0.15) is 5.26 Å². The second-order valence-corrected chi connectivity index (χ2v) is 6.68. The van der Waals surface area contributed by atoms with Crippen molar-refractivity contribution in [3.63, 3.8) is 0 Å². The highest BCUT2D eigenvalue weighted by atomic mass is 16.3. The predicted octanol–water partition coefficient (Wildman–Crippen LogP) is 3.04. The van der Waals surface area contributed by atoms with Gasteiger partial charge in [0.05, 0.1) is 23.0 Å². The molecule has 6 heteroatoms. The Bertz CT molecular complexity index is 995. The summed E-state index contributed by atoms with van der Waals surface area (Å²) in [5.41, 5.74) is 4.74.